The van der Waals surface area contributed by atoms with Crippen molar-refractivity contribution in [1.29, 1.82) is 0 Å². The van der Waals surface area contributed by atoms with Crippen LogP contribution in [0.25, 0.3) is 11.0 Å². The largest absolute Gasteiger partial charge is 0.342 e. The fraction of sp³-hybridized carbons (Fsp3) is 0.421. The van der Waals surface area contributed by atoms with Crippen molar-refractivity contribution in [3.05, 3.63) is 58.0 Å². The number of aromatic nitrogens is 4. The second kappa shape index (κ2) is 6.44. The molecule has 2 aromatic heterocycles. The molecule has 25 heavy (non-hydrogen) atoms. The van der Waals surface area contributed by atoms with Gasteiger partial charge in [0.1, 0.15) is 11.6 Å². The van der Waals surface area contributed by atoms with Crippen molar-refractivity contribution in [3.8, 4) is 0 Å². The molecule has 4 rings (SSSR count). The highest BCUT2D eigenvalue weighted by Gasteiger charge is 2.27. The third-order valence-electron chi connectivity index (χ3n) is 5.16. The lowest BCUT2D eigenvalue weighted by Gasteiger charge is -2.34. The van der Waals surface area contributed by atoms with Gasteiger partial charge in [0.25, 0.3) is 5.56 Å². The molecule has 0 spiro atoms. The zero-order valence-corrected chi connectivity index (χ0v) is 14.6. The summed E-state index contributed by atoms with van der Waals surface area (Å²) in [5.41, 5.74) is 2.83. The van der Waals surface area contributed by atoms with E-state index in [1.165, 1.54) is 6.07 Å². The predicted molar refractivity (Wildman–Crippen MR) is 97.7 cm³/mol. The van der Waals surface area contributed by atoms with Crippen LogP contribution in [0.15, 0.2) is 35.1 Å². The molecule has 0 saturated carbocycles. The number of hydrogen-bond donors (Lipinski definition) is 2. The Hall–Kier alpha value is -2.47. The molecule has 3 aromatic rings. The van der Waals surface area contributed by atoms with Crippen LogP contribution in [0, 0.1) is 6.92 Å². The third kappa shape index (κ3) is 3.22. The molecule has 1 aliphatic rings. The first-order valence-corrected chi connectivity index (χ1v) is 8.87. The molecule has 6 heteroatoms. The molecule has 1 aliphatic heterocycles. The quantitative estimate of drug-likeness (QED) is 0.770. The smallest absolute Gasteiger partial charge is 0.251 e. The number of benzene rings is 1. The summed E-state index contributed by atoms with van der Waals surface area (Å²) in [6.07, 6.45) is 2.11. The number of hydrogen-bond acceptors (Lipinski definition) is 4. The number of rotatable bonds is 3. The maximum Gasteiger partial charge on any atom is 0.251 e. The van der Waals surface area contributed by atoms with E-state index < -0.39 is 0 Å². The normalized spacial score (nSPS) is 17.8. The standard InChI is InChI=1S/C19H23N5O/c1-12-11-17(25)23-18(20-12)13(2)24-9-7-14(8-10-24)19-21-15-5-3-4-6-16(15)22-19/h3-6,11,13-14H,7-10H2,1-2H3,(H,21,22)(H,20,23,25). The second-order valence-corrected chi connectivity index (χ2v) is 6.90. The summed E-state index contributed by atoms with van der Waals surface area (Å²) >= 11 is 0. The fourth-order valence-electron chi connectivity index (χ4n) is 3.70. The molecular formula is C19H23N5O. The van der Waals surface area contributed by atoms with Crippen molar-refractivity contribution >= 4 is 11.0 Å². The van der Waals surface area contributed by atoms with Gasteiger partial charge in [0.15, 0.2) is 0 Å². The Balaban J connectivity index is 1.46. The van der Waals surface area contributed by atoms with E-state index in [0.29, 0.717) is 5.92 Å². The number of aromatic amines is 2. The molecule has 3 heterocycles. The molecule has 6 nitrogen and oxygen atoms in total. The molecule has 0 aliphatic carbocycles. The van der Waals surface area contributed by atoms with E-state index in [-0.39, 0.29) is 11.6 Å². The summed E-state index contributed by atoms with van der Waals surface area (Å²) in [5.74, 6) is 2.31. The van der Waals surface area contributed by atoms with Crippen molar-refractivity contribution in [3.63, 3.8) is 0 Å². The highest BCUT2D eigenvalue weighted by molar-refractivity contribution is 5.74. The SMILES string of the molecule is Cc1cc(=O)[nH]c(C(C)N2CCC(c3nc4ccccc4[nH]3)CC2)n1. The zero-order valence-electron chi connectivity index (χ0n) is 14.6. The number of fused-ring (bicyclic) bond motifs is 1. The van der Waals surface area contributed by atoms with Gasteiger partial charge in [-0.1, -0.05) is 12.1 Å². The maximum absolute atomic E-state index is 11.7. The monoisotopic (exact) mass is 337 g/mol. The van der Waals surface area contributed by atoms with E-state index in [1.54, 1.807) is 0 Å². The van der Waals surface area contributed by atoms with Gasteiger partial charge >= 0.3 is 0 Å². The first kappa shape index (κ1) is 16.0. The van der Waals surface area contributed by atoms with Gasteiger partial charge in [0.2, 0.25) is 0 Å². The minimum absolute atomic E-state index is 0.0773. The summed E-state index contributed by atoms with van der Waals surface area (Å²) in [6.45, 7) is 5.92. The third-order valence-corrected chi connectivity index (χ3v) is 5.16. The number of nitrogens with zero attached hydrogens (tertiary/aromatic N) is 3. The number of aryl methyl sites for hydroxylation is 1. The van der Waals surface area contributed by atoms with Gasteiger partial charge in [0, 0.05) is 17.7 Å². The van der Waals surface area contributed by atoms with Crippen LogP contribution in [0.2, 0.25) is 0 Å². The Labute approximate surface area is 146 Å². The highest BCUT2D eigenvalue weighted by Crippen LogP contribution is 2.30. The molecule has 130 valence electrons. The maximum atomic E-state index is 11.7. The van der Waals surface area contributed by atoms with Crippen molar-refractivity contribution in [2.45, 2.75) is 38.6 Å². The lowest BCUT2D eigenvalue weighted by Crippen LogP contribution is -2.36. The van der Waals surface area contributed by atoms with Gasteiger partial charge in [-0.3, -0.25) is 9.69 Å². The molecule has 1 aromatic carbocycles. The Bertz CT molecular complexity index is 903. The number of para-hydroxylation sites is 2. The van der Waals surface area contributed by atoms with Gasteiger partial charge in [-0.15, -0.1) is 0 Å². The van der Waals surface area contributed by atoms with Crippen LogP contribution in [0.3, 0.4) is 0 Å². The summed E-state index contributed by atoms with van der Waals surface area (Å²) in [5, 5.41) is 0. The average Bonchev–Trinajstić information content (AvgIpc) is 3.04. The summed E-state index contributed by atoms with van der Waals surface area (Å²) < 4.78 is 0. The van der Waals surface area contributed by atoms with Crippen molar-refractivity contribution in [2.75, 3.05) is 13.1 Å². The molecular weight excluding hydrogens is 314 g/mol. The summed E-state index contributed by atoms with van der Waals surface area (Å²) in [7, 11) is 0. The Kier molecular flexibility index (Phi) is 4.13. The lowest BCUT2D eigenvalue weighted by molar-refractivity contribution is 0.155. The van der Waals surface area contributed by atoms with Crippen molar-refractivity contribution < 1.29 is 0 Å². The summed E-state index contributed by atoms with van der Waals surface area (Å²) in [4.78, 5) is 29.7. The molecule has 2 N–H and O–H groups in total. The first-order valence-electron chi connectivity index (χ1n) is 8.87. The van der Waals surface area contributed by atoms with E-state index in [0.717, 1.165) is 54.3 Å². The summed E-state index contributed by atoms with van der Waals surface area (Å²) in [6, 6.07) is 9.82. The van der Waals surface area contributed by atoms with E-state index >= 15 is 0 Å². The van der Waals surface area contributed by atoms with Crippen molar-refractivity contribution in [2.24, 2.45) is 0 Å². The number of nitrogens with one attached hydrogen (secondary N) is 2. The van der Waals surface area contributed by atoms with Crippen LogP contribution in [0.4, 0.5) is 0 Å². The fourth-order valence-corrected chi connectivity index (χ4v) is 3.70. The first-order chi connectivity index (χ1) is 12.1. The second-order valence-electron chi connectivity index (χ2n) is 6.90. The van der Waals surface area contributed by atoms with E-state index in [1.807, 2.05) is 25.1 Å². The molecule has 0 radical (unpaired) electrons. The number of imidazole rings is 1. The predicted octanol–water partition coefficient (Wildman–Crippen LogP) is 2.90. The Morgan fingerprint density at radius 2 is 1.92 bits per heavy atom. The number of piperidine rings is 1. The van der Waals surface area contributed by atoms with Gasteiger partial charge < -0.3 is 9.97 Å². The van der Waals surface area contributed by atoms with E-state index in [9.17, 15) is 4.79 Å². The van der Waals surface area contributed by atoms with Crippen LogP contribution >= 0.6 is 0 Å². The molecule has 1 atom stereocenters. The van der Waals surface area contributed by atoms with Gasteiger partial charge in [0.05, 0.1) is 17.1 Å². The minimum atomic E-state index is -0.0773. The van der Waals surface area contributed by atoms with Crippen LogP contribution in [-0.4, -0.2) is 37.9 Å². The molecule has 0 amide bonds. The van der Waals surface area contributed by atoms with Gasteiger partial charge in [-0.2, -0.15) is 0 Å². The van der Waals surface area contributed by atoms with Crippen LogP contribution in [0.5, 0.6) is 0 Å². The molecule has 1 unspecified atom stereocenters. The van der Waals surface area contributed by atoms with Crippen LogP contribution in [0.1, 0.15) is 49.1 Å². The average molecular weight is 337 g/mol. The Morgan fingerprint density at radius 1 is 1.16 bits per heavy atom. The van der Waals surface area contributed by atoms with E-state index in [2.05, 4.69) is 32.8 Å². The lowest BCUT2D eigenvalue weighted by atomic mass is 9.95. The Morgan fingerprint density at radius 3 is 2.64 bits per heavy atom. The molecule has 0 bridgehead atoms. The minimum Gasteiger partial charge on any atom is -0.342 e. The van der Waals surface area contributed by atoms with Crippen molar-refractivity contribution in [1.82, 2.24) is 24.8 Å². The van der Waals surface area contributed by atoms with Crippen LogP contribution in [-0.2, 0) is 0 Å². The number of H-pyrrole nitrogens is 2. The highest BCUT2D eigenvalue weighted by atomic mass is 16.1. The molecule has 1 saturated heterocycles. The topological polar surface area (TPSA) is 77.7 Å². The molecule has 1 fully saturated rings. The van der Waals surface area contributed by atoms with E-state index in [4.69, 9.17) is 4.98 Å². The van der Waals surface area contributed by atoms with Crippen LogP contribution < -0.4 is 5.56 Å². The van der Waals surface area contributed by atoms with Gasteiger partial charge in [-0.05, 0) is 51.9 Å². The zero-order chi connectivity index (χ0) is 17.4. The number of likely N-dealkylation sites (tertiary alicyclic amines) is 1. The van der Waals surface area contributed by atoms with Gasteiger partial charge in [-0.25, -0.2) is 9.97 Å².